The fraction of sp³-hybridized carbons (Fsp3) is 0.400. The van der Waals surface area contributed by atoms with Gasteiger partial charge in [0.1, 0.15) is 5.50 Å². The van der Waals surface area contributed by atoms with Crippen molar-refractivity contribution in [3.63, 3.8) is 0 Å². The van der Waals surface area contributed by atoms with Gasteiger partial charge in [-0.1, -0.05) is 23.8 Å². The van der Waals surface area contributed by atoms with Gasteiger partial charge in [-0.2, -0.15) is 0 Å². The van der Waals surface area contributed by atoms with Crippen LogP contribution in [0.3, 0.4) is 0 Å². The quantitative estimate of drug-likeness (QED) is 0.491. The van der Waals surface area contributed by atoms with Crippen molar-refractivity contribution >= 4 is 11.6 Å². The minimum Gasteiger partial charge on any atom is -0.366 e. The first-order valence-corrected chi connectivity index (χ1v) is 4.99. The molecule has 2 aliphatic rings. The molecule has 0 fully saturated rings. The second kappa shape index (κ2) is 3.99. The molecule has 2 N–H and O–H groups in total. The van der Waals surface area contributed by atoms with E-state index >= 15 is 0 Å². The predicted octanol–water partition coefficient (Wildman–Crippen LogP) is 1.51. The monoisotopic (exact) mass is 196 g/mol. The van der Waals surface area contributed by atoms with E-state index in [1.807, 2.05) is 12.2 Å². The van der Waals surface area contributed by atoms with E-state index in [9.17, 15) is 0 Å². The summed E-state index contributed by atoms with van der Waals surface area (Å²) >= 11 is 5.95. The van der Waals surface area contributed by atoms with Crippen LogP contribution in [0.5, 0.6) is 0 Å². The smallest absolute Gasteiger partial charge is 0.120 e. The van der Waals surface area contributed by atoms with Crippen LogP contribution in [0.15, 0.2) is 35.6 Å². The molecule has 0 bridgehead atoms. The van der Waals surface area contributed by atoms with Crippen molar-refractivity contribution in [2.24, 2.45) is 0 Å². The maximum atomic E-state index is 5.95. The van der Waals surface area contributed by atoms with Crippen molar-refractivity contribution < 1.29 is 0 Å². The van der Waals surface area contributed by atoms with Gasteiger partial charge in [-0.25, -0.2) is 0 Å². The molecule has 0 aromatic carbocycles. The first kappa shape index (κ1) is 8.85. The molecule has 2 aliphatic heterocycles. The van der Waals surface area contributed by atoms with Crippen LogP contribution in [0.2, 0.25) is 0 Å². The highest BCUT2D eigenvalue weighted by atomic mass is 35.5. The van der Waals surface area contributed by atoms with Crippen LogP contribution in [0.1, 0.15) is 6.42 Å². The van der Waals surface area contributed by atoms with E-state index in [-0.39, 0.29) is 5.50 Å². The summed E-state index contributed by atoms with van der Waals surface area (Å²) in [5.74, 6) is 0. The third-order valence-electron chi connectivity index (χ3n) is 2.25. The summed E-state index contributed by atoms with van der Waals surface area (Å²) < 4.78 is 0. The Morgan fingerprint density at radius 2 is 2.38 bits per heavy atom. The van der Waals surface area contributed by atoms with Gasteiger partial charge in [0.2, 0.25) is 0 Å². The lowest BCUT2D eigenvalue weighted by Crippen LogP contribution is -2.28. The van der Waals surface area contributed by atoms with Gasteiger partial charge >= 0.3 is 0 Å². The van der Waals surface area contributed by atoms with E-state index in [0.717, 1.165) is 19.5 Å². The highest BCUT2D eigenvalue weighted by Crippen LogP contribution is 2.17. The van der Waals surface area contributed by atoms with Crippen molar-refractivity contribution in [2.45, 2.75) is 11.9 Å². The number of dihydropyridines is 1. The third-order valence-corrected chi connectivity index (χ3v) is 2.50. The molecule has 2 rings (SSSR count). The lowest BCUT2D eigenvalue weighted by atomic mass is 10.0. The number of hydrogen-bond acceptors (Lipinski definition) is 2. The van der Waals surface area contributed by atoms with E-state index in [2.05, 4.69) is 22.8 Å². The summed E-state index contributed by atoms with van der Waals surface area (Å²) in [6.07, 6.45) is 9.32. The van der Waals surface area contributed by atoms with Gasteiger partial charge in [-0.3, -0.25) is 0 Å². The topological polar surface area (TPSA) is 24.1 Å². The summed E-state index contributed by atoms with van der Waals surface area (Å²) in [5.41, 5.74) is 2.48. The summed E-state index contributed by atoms with van der Waals surface area (Å²) in [4.78, 5) is 0. The van der Waals surface area contributed by atoms with Crippen molar-refractivity contribution in [3.05, 3.63) is 35.6 Å². The van der Waals surface area contributed by atoms with Gasteiger partial charge in [0, 0.05) is 12.2 Å². The van der Waals surface area contributed by atoms with E-state index < -0.39 is 0 Å². The highest BCUT2D eigenvalue weighted by molar-refractivity contribution is 6.21. The average Bonchev–Trinajstić information content (AvgIpc) is 2.19. The van der Waals surface area contributed by atoms with Crippen molar-refractivity contribution in [1.29, 1.82) is 0 Å². The zero-order chi connectivity index (χ0) is 9.10. The maximum Gasteiger partial charge on any atom is 0.120 e. The molecule has 0 aromatic heterocycles. The number of nitrogens with one attached hydrogen (secondary N) is 2. The van der Waals surface area contributed by atoms with E-state index in [0.29, 0.717) is 0 Å². The Kier molecular flexibility index (Phi) is 2.71. The Morgan fingerprint density at radius 1 is 1.46 bits per heavy atom. The zero-order valence-electron chi connectivity index (χ0n) is 7.39. The van der Waals surface area contributed by atoms with Gasteiger partial charge in [0.05, 0.1) is 0 Å². The molecule has 0 spiro atoms. The first-order valence-electron chi connectivity index (χ1n) is 4.55. The molecule has 0 aliphatic carbocycles. The number of hydrogen-bond donors (Lipinski definition) is 2. The lowest BCUT2D eigenvalue weighted by molar-refractivity contribution is 0.690. The van der Waals surface area contributed by atoms with Crippen LogP contribution in [-0.2, 0) is 0 Å². The van der Waals surface area contributed by atoms with Crippen molar-refractivity contribution in [1.82, 2.24) is 10.6 Å². The average molecular weight is 197 g/mol. The number of allylic oxidation sites excluding steroid dienone is 3. The summed E-state index contributed by atoms with van der Waals surface area (Å²) in [5, 5.41) is 6.51. The predicted molar refractivity (Wildman–Crippen MR) is 55.6 cm³/mol. The third kappa shape index (κ3) is 2.14. The van der Waals surface area contributed by atoms with Crippen LogP contribution >= 0.6 is 11.6 Å². The van der Waals surface area contributed by atoms with Gasteiger partial charge < -0.3 is 10.6 Å². The van der Waals surface area contributed by atoms with Gasteiger partial charge in [0.15, 0.2) is 0 Å². The highest BCUT2D eigenvalue weighted by Gasteiger charge is 2.12. The van der Waals surface area contributed by atoms with Crippen LogP contribution in [0, 0.1) is 0 Å². The molecule has 3 heteroatoms. The molecular weight excluding hydrogens is 184 g/mol. The molecule has 0 aromatic rings. The van der Waals surface area contributed by atoms with Crippen LogP contribution in [-0.4, -0.2) is 18.6 Å². The molecule has 2 heterocycles. The summed E-state index contributed by atoms with van der Waals surface area (Å²) in [6, 6.07) is 0. The Hall–Kier alpha value is -0.730. The minimum atomic E-state index is -0.0595. The molecule has 1 atom stereocenters. The lowest BCUT2D eigenvalue weighted by Gasteiger charge is -2.21. The molecule has 70 valence electrons. The van der Waals surface area contributed by atoms with Crippen LogP contribution in [0.4, 0.5) is 0 Å². The zero-order valence-corrected chi connectivity index (χ0v) is 8.14. The molecule has 0 saturated heterocycles. The van der Waals surface area contributed by atoms with Crippen molar-refractivity contribution in [3.8, 4) is 0 Å². The number of halogens is 1. The largest absolute Gasteiger partial charge is 0.366 e. The number of rotatable bonds is 1. The van der Waals surface area contributed by atoms with Crippen molar-refractivity contribution in [2.75, 3.05) is 13.1 Å². The summed E-state index contributed by atoms with van der Waals surface area (Å²) in [6.45, 7) is 2.02. The van der Waals surface area contributed by atoms with E-state index in [1.54, 1.807) is 0 Å². The Morgan fingerprint density at radius 3 is 3.08 bits per heavy atom. The molecule has 2 nitrogen and oxygen atoms in total. The molecule has 0 saturated carbocycles. The first-order chi connectivity index (χ1) is 6.36. The molecule has 0 radical (unpaired) electrons. The second-order valence-electron chi connectivity index (χ2n) is 3.19. The second-order valence-corrected chi connectivity index (χ2v) is 3.67. The molecule has 13 heavy (non-hydrogen) atoms. The van der Waals surface area contributed by atoms with E-state index in [4.69, 9.17) is 11.6 Å². The fourth-order valence-electron chi connectivity index (χ4n) is 1.56. The summed E-state index contributed by atoms with van der Waals surface area (Å²) in [7, 11) is 0. The van der Waals surface area contributed by atoms with Gasteiger partial charge in [0.25, 0.3) is 0 Å². The Labute approximate surface area is 83.3 Å². The number of alkyl halides is 1. The minimum absolute atomic E-state index is 0.0595. The van der Waals surface area contributed by atoms with E-state index in [1.165, 1.54) is 11.3 Å². The fourth-order valence-corrected chi connectivity index (χ4v) is 1.76. The Balaban J connectivity index is 2.11. The molecule has 0 amide bonds. The standard InChI is InChI=1S/C10H13ClN2/c11-10-3-1-2-9(13-10)8-4-6-12-7-5-8/h1-4,10,12-13H,5-7H2. The van der Waals surface area contributed by atoms with Crippen LogP contribution < -0.4 is 10.6 Å². The molecule has 1 unspecified atom stereocenters. The maximum absolute atomic E-state index is 5.95. The molecular formula is C10H13ClN2. The SMILES string of the molecule is ClC1C=CC=C(C2=CCNCC2)N1. The normalized spacial score (nSPS) is 27.6. The van der Waals surface area contributed by atoms with Gasteiger partial charge in [-0.05, 0) is 30.7 Å². The Bertz CT molecular complexity index is 279. The van der Waals surface area contributed by atoms with Crippen LogP contribution in [0.25, 0.3) is 0 Å². The van der Waals surface area contributed by atoms with Gasteiger partial charge in [-0.15, -0.1) is 0 Å².